The van der Waals surface area contributed by atoms with Crippen LogP contribution in [0, 0.1) is 20.2 Å². The topological polar surface area (TPSA) is 113 Å². The molecule has 0 aromatic heterocycles. The summed E-state index contributed by atoms with van der Waals surface area (Å²) in [4.78, 5) is 32.7. The minimum atomic E-state index is -0.497. The third-order valence-electron chi connectivity index (χ3n) is 3.93. The fourth-order valence-electron chi connectivity index (χ4n) is 2.47. The summed E-state index contributed by atoms with van der Waals surface area (Å²) in [6.45, 7) is 0. The molecule has 3 aromatic rings. The third kappa shape index (κ3) is 5.10. The van der Waals surface area contributed by atoms with E-state index in [1.807, 2.05) is 0 Å². The fraction of sp³-hybridized carbons (Fsp3) is 0. The summed E-state index contributed by atoms with van der Waals surface area (Å²) < 4.78 is 5.60. The molecule has 8 nitrogen and oxygen atoms in total. The number of hydrogen-bond donors (Lipinski definition) is 0. The van der Waals surface area contributed by atoms with Gasteiger partial charge in [-0.15, -0.1) is 0 Å². The van der Waals surface area contributed by atoms with Gasteiger partial charge < -0.3 is 4.74 Å². The van der Waals surface area contributed by atoms with Crippen molar-refractivity contribution in [2.24, 2.45) is 0 Å². The maximum absolute atomic E-state index is 12.3. The van der Waals surface area contributed by atoms with E-state index >= 15 is 0 Å². The summed E-state index contributed by atoms with van der Waals surface area (Å²) in [5.41, 5.74) is 0.884. The van der Waals surface area contributed by atoms with Crippen molar-refractivity contribution in [2.75, 3.05) is 0 Å². The van der Waals surface area contributed by atoms with E-state index < -0.39 is 9.85 Å². The van der Waals surface area contributed by atoms with Gasteiger partial charge in [-0.2, -0.15) is 0 Å². The largest absolute Gasteiger partial charge is 0.457 e. The SMILES string of the molecule is O=C(/C=C/c1cccc([N+](=O)[O-])c1)c1ccc(Oc2ccc([N+](=O)[O-])cc2)cc1. The van der Waals surface area contributed by atoms with Crippen LogP contribution in [0.1, 0.15) is 15.9 Å². The molecule has 0 fully saturated rings. The molecule has 0 N–H and O–H groups in total. The van der Waals surface area contributed by atoms with Crippen molar-refractivity contribution in [2.45, 2.75) is 0 Å². The Labute approximate surface area is 165 Å². The van der Waals surface area contributed by atoms with Gasteiger partial charge in [-0.1, -0.05) is 18.2 Å². The van der Waals surface area contributed by atoms with E-state index in [2.05, 4.69) is 0 Å². The van der Waals surface area contributed by atoms with Crippen LogP contribution in [-0.2, 0) is 0 Å². The second-order valence-electron chi connectivity index (χ2n) is 5.93. The zero-order chi connectivity index (χ0) is 20.8. The van der Waals surface area contributed by atoms with Crippen LogP contribution in [0.4, 0.5) is 11.4 Å². The molecule has 0 bridgehead atoms. The Morgan fingerprint density at radius 3 is 1.97 bits per heavy atom. The van der Waals surface area contributed by atoms with Crippen LogP contribution >= 0.6 is 0 Å². The summed E-state index contributed by atoms with van der Waals surface area (Å²) in [5.74, 6) is 0.636. The van der Waals surface area contributed by atoms with Gasteiger partial charge in [-0.25, -0.2) is 0 Å². The van der Waals surface area contributed by atoms with Crippen molar-refractivity contribution in [1.82, 2.24) is 0 Å². The quantitative estimate of drug-likeness (QED) is 0.237. The second-order valence-corrected chi connectivity index (χ2v) is 5.93. The van der Waals surface area contributed by atoms with Gasteiger partial charge in [-0.3, -0.25) is 25.0 Å². The highest BCUT2D eigenvalue weighted by Crippen LogP contribution is 2.24. The number of ether oxygens (including phenoxy) is 1. The Bertz CT molecular complexity index is 1090. The van der Waals surface area contributed by atoms with Gasteiger partial charge in [0.05, 0.1) is 9.85 Å². The van der Waals surface area contributed by atoms with Crippen LogP contribution in [0.5, 0.6) is 11.5 Å². The first-order valence-electron chi connectivity index (χ1n) is 8.41. The maximum Gasteiger partial charge on any atom is 0.270 e. The zero-order valence-corrected chi connectivity index (χ0v) is 14.9. The van der Waals surface area contributed by atoms with Crippen molar-refractivity contribution in [3.63, 3.8) is 0 Å². The molecule has 0 aliphatic carbocycles. The smallest absolute Gasteiger partial charge is 0.270 e. The molecule has 0 radical (unpaired) electrons. The average Bonchev–Trinajstić information content (AvgIpc) is 2.73. The lowest BCUT2D eigenvalue weighted by Gasteiger charge is -2.05. The Kier molecular flexibility index (Phi) is 5.74. The first-order chi connectivity index (χ1) is 13.9. The number of rotatable bonds is 7. The van der Waals surface area contributed by atoms with Crippen LogP contribution in [0.2, 0.25) is 0 Å². The molecule has 0 aliphatic heterocycles. The lowest BCUT2D eigenvalue weighted by atomic mass is 10.1. The molecule has 0 aliphatic rings. The van der Waals surface area contributed by atoms with Gasteiger partial charge in [-0.05, 0) is 48.0 Å². The molecule has 29 heavy (non-hydrogen) atoms. The molecular formula is C21H14N2O6. The number of nitro groups is 2. The molecule has 0 atom stereocenters. The van der Waals surface area contributed by atoms with E-state index in [4.69, 9.17) is 4.74 Å². The van der Waals surface area contributed by atoms with E-state index in [-0.39, 0.29) is 17.2 Å². The molecule has 0 heterocycles. The summed E-state index contributed by atoms with van der Waals surface area (Å²) in [7, 11) is 0. The molecule has 0 unspecified atom stereocenters. The number of nitrogens with zero attached hydrogens (tertiary/aromatic N) is 2. The number of carbonyl (C=O) groups excluding carboxylic acids is 1. The number of non-ortho nitro benzene ring substituents is 2. The van der Waals surface area contributed by atoms with Gasteiger partial charge in [0.25, 0.3) is 11.4 Å². The fourth-order valence-corrected chi connectivity index (χ4v) is 2.47. The van der Waals surface area contributed by atoms with Crippen molar-refractivity contribution in [3.05, 3.63) is 110 Å². The molecule has 8 heteroatoms. The molecule has 0 saturated heterocycles. The number of allylic oxidation sites excluding steroid dienone is 1. The van der Waals surface area contributed by atoms with E-state index in [1.54, 1.807) is 36.4 Å². The summed E-state index contributed by atoms with van der Waals surface area (Å²) in [5, 5.41) is 21.5. The van der Waals surface area contributed by atoms with Crippen LogP contribution in [0.3, 0.4) is 0 Å². The Morgan fingerprint density at radius 2 is 1.38 bits per heavy atom. The Morgan fingerprint density at radius 1 is 0.793 bits per heavy atom. The van der Waals surface area contributed by atoms with Gasteiger partial charge in [0.1, 0.15) is 11.5 Å². The first-order valence-corrected chi connectivity index (χ1v) is 8.41. The van der Waals surface area contributed by atoms with Crippen molar-refractivity contribution < 1.29 is 19.4 Å². The lowest BCUT2D eigenvalue weighted by molar-refractivity contribution is -0.385. The summed E-state index contributed by atoms with van der Waals surface area (Å²) in [6, 6.07) is 18.0. The van der Waals surface area contributed by atoms with E-state index in [0.717, 1.165) is 0 Å². The number of benzene rings is 3. The molecule has 3 aromatic carbocycles. The predicted octanol–water partition coefficient (Wildman–Crippen LogP) is 5.19. The number of ketones is 1. The second kappa shape index (κ2) is 8.57. The first kappa shape index (κ1) is 19.4. The van der Waals surface area contributed by atoms with Crippen LogP contribution in [0.25, 0.3) is 6.08 Å². The standard InChI is InChI=1S/C21H14N2O6/c24-21(13-4-15-2-1-3-18(14-15)23(27)28)16-5-9-19(10-6-16)29-20-11-7-17(8-12-20)22(25)26/h1-14H/b13-4+. The zero-order valence-electron chi connectivity index (χ0n) is 14.9. The molecule has 0 amide bonds. The van der Waals surface area contributed by atoms with E-state index in [0.29, 0.717) is 22.6 Å². The minimum Gasteiger partial charge on any atom is -0.457 e. The Balaban J connectivity index is 1.66. The monoisotopic (exact) mass is 390 g/mol. The van der Waals surface area contributed by atoms with Gasteiger partial charge in [0, 0.05) is 29.8 Å². The van der Waals surface area contributed by atoms with E-state index in [1.165, 1.54) is 48.6 Å². The Hall–Kier alpha value is -4.33. The lowest BCUT2D eigenvalue weighted by Crippen LogP contribution is -1.94. The number of nitro benzene ring substituents is 2. The van der Waals surface area contributed by atoms with Gasteiger partial charge >= 0.3 is 0 Å². The third-order valence-corrected chi connectivity index (χ3v) is 3.93. The number of hydrogen-bond acceptors (Lipinski definition) is 6. The van der Waals surface area contributed by atoms with Crippen LogP contribution in [0.15, 0.2) is 78.9 Å². The van der Waals surface area contributed by atoms with E-state index in [9.17, 15) is 25.0 Å². The number of carbonyl (C=O) groups is 1. The van der Waals surface area contributed by atoms with Crippen molar-refractivity contribution in [3.8, 4) is 11.5 Å². The average molecular weight is 390 g/mol. The van der Waals surface area contributed by atoms with Gasteiger partial charge in [0.15, 0.2) is 5.78 Å². The highest BCUT2D eigenvalue weighted by molar-refractivity contribution is 6.06. The van der Waals surface area contributed by atoms with Crippen molar-refractivity contribution in [1.29, 1.82) is 0 Å². The molecule has 0 spiro atoms. The van der Waals surface area contributed by atoms with Crippen molar-refractivity contribution >= 4 is 23.2 Å². The normalized spacial score (nSPS) is 10.6. The highest BCUT2D eigenvalue weighted by atomic mass is 16.6. The molecule has 144 valence electrons. The molecule has 0 saturated carbocycles. The summed E-state index contributed by atoms with van der Waals surface area (Å²) >= 11 is 0. The molecular weight excluding hydrogens is 376 g/mol. The maximum atomic E-state index is 12.3. The van der Waals surface area contributed by atoms with Gasteiger partial charge in [0.2, 0.25) is 0 Å². The highest BCUT2D eigenvalue weighted by Gasteiger charge is 2.07. The minimum absolute atomic E-state index is 0.0335. The molecule has 3 rings (SSSR count). The van der Waals surface area contributed by atoms with Crippen LogP contribution < -0.4 is 4.74 Å². The predicted molar refractivity (Wildman–Crippen MR) is 106 cm³/mol. The van der Waals surface area contributed by atoms with Crippen LogP contribution in [-0.4, -0.2) is 15.6 Å². The summed E-state index contributed by atoms with van der Waals surface area (Å²) in [6.07, 6.45) is 2.85.